The summed E-state index contributed by atoms with van der Waals surface area (Å²) in [5.74, 6) is -0.914. The molecule has 1 unspecified atom stereocenters. The van der Waals surface area contributed by atoms with Crippen molar-refractivity contribution in [3.05, 3.63) is 71.8 Å². The molecule has 1 aliphatic heterocycles. The summed E-state index contributed by atoms with van der Waals surface area (Å²) in [5.41, 5.74) is 0.737. The number of benzene rings is 2. The summed E-state index contributed by atoms with van der Waals surface area (Å²) in [5, 5.41) is 15.7. The molecule has 0 aliphatic carbocycles. The Morgan fingerprint density at radius 1 is 1.03 bits per heavy atom. The first-order valence-electron chi connectivity index (χ1n) is 10.1. The normalized spacial score (nSPS) is 23.6. The maximum atomic E-state index is 12.6. The van der Waals surface area contributed by atoms with Crippen LogP contribution in [-0.2, 0) is 23.8 Å². The first-order valence-corrected chi connectivity index (χ1v) is 11.9. The monoisotopic (exact) mass is 478 g/mol. The van der Waals surface area contributed by atoms with Crippen LogP contribution in [0.25, 0.3) is 0 Å². The Morgan fingerprint density at radius 2 is 1.58 bits per heavy atom. The third-order valence-corrected chi connectivity index (χ3v) is 5.65. The smallest absolute Gasteiger partial charge is 0.264 e. The van der Waals surface area contributed by atoms with Gasteiger partial charge in [-0.25, -0.2) is 0 Å². The highest BCUT2D eigenvalue weighted by Gasteiger charge is 2.49. The number of nitrogens with one attached hydrogen (secondary N) is 2. The lowest BCUT2D eigenvalue weighted by Gasteiger charge is -2.27. The van der Waals surface area contributed by atoms with Crippen molar-refractivity contribution in [1.29, 1.82) is 0 Å². The Bertz CT molecular complexity index is 1050. The first kappa shape index (κ1) is 24.8. The van der Waals surface area contributed by atoms with Crippen molar-refractivity contribution in [2.45, 2.75) is 30.6 Å². The van der Waals surface area contributed by atoms with Crippen LogP contribution in [0.5, 0.6) is 0 Å². The summed E-state index contributed by atoms with van der Waals surface area (Å²) in [6.45, 7) is -0.253. The number of carbonyl (C=O) groups excluding carboxylic acids is 2. The van der Waals surface area contributed by atoms with Gasteiger partial charge >= 0.3 is 0 Å². The molecular formula is C22H26N2O8S. The minimum atomic E-state index is -3.96. The molecule has 5 atom stereocenters. The highest BCUT2D eigenvalue weighted by atomic mass is 32.2. The van der Waals surface area contributed by atoms with Gasteiger partial charge in [-0.3, -0.25) is 13.8 Å². The Labute approximate surface area is 192 Å². The number of rotatable bonds is 9. The quantitative estimate of drug-likeness (QED) is 0.437. The van der Waals surface area contributed by atoms with Crippen LogP contribution < -0.4 is 10.6 Å². The van der Waals surface area contributed by atoms with Gasteiger partial charge in [0.2, 0.25) is 0 Å². The highest BCUT2D eigenvalue weighted by molar-refractivity contribution is 7.86. The van der Waals surface area contributed by atoms with Crippen LogP contribution in [0, 0.1) is 0 Å². The van der Waals surface area contributed by atoms with Crippen LogP contribution in [0.3, 0.4) is 0 Å². The summed E-state index contributed by atoms with van der Waals surface area (Å²) >= 11 is 0. The Balaban J connectivity index is 1.76. The summed E-state index contributed by atoms with van der Waals surface area (Å²) < 4.78 is 39.9. The molecule has 33 heavy (non-hydrogen) atoms. The van der Waals surface area contributed by atoms with Crippen LogP contribution in [0.4, 0.5) is 0 Å². The second kappa shape index (κ2) is 10.9. The summed E-state index contributed by atoms with van der Waals surface area (Å²) in [4.78, 5) is 25.0. The van der Waals surface area contributed by atoms with Gasteiger partial charge in [-0.2, -0.15) is 8.42 Å². The van der Waals surface area contributed by atoms with Crippen LogP contribution in [-0.4, -0.2) is 75.9 Å². The summed E-state index contributed by atoms with van der Waals surface area (Å²) in [7, 11) is -2.63. The van der Waals surface area contributed by atoms with Gasteiger partial charge < -0.3 is 25.2 Å². The maximum absolute atomic E-state index is 12.6. The van der Waals surface area contributed by atoms with Gasteiger partial charge in [-0.15, -0.1) is 0 Å². The van der Waals surface area contributed by atoms with Crippen molar-refractivity contribution in [2.24, 2.45) is 0 Å². The van der Waals surface area contributed by atoms with E-state index >= 15 is 0 Å². The predicted octanol–water partition coefficient (Wildman–Crippen LogP) is 0.292. The minimum Gasteiger partial charge on any atom is -0.376 e. The van der Waals surface area contributed by atoms with E-state index < -0.39 is 52.6 Å². The fraction of sp³-hybridized carbons (Fsp3) is 0.364. The van der Waals surface area contributed by atoms with Crippen LogP contribution in [0.1, 0.15) is 20.7 Å². The van der Waals surface area contributed by atoms with Gasteiger partial charge in [0.15, 0.2) is 6.29 Å². The first-order chi connectivity index (χ1) is 15.7. The van der Waals surface area contributed by atoms with Crippen molar-refractivity contribution in [1.82, 2.24) is 10.6 Å². The molecule has 178 valence electrons. The largest absolute Gasteiger partial charge is 0.376 e. The average Bonchev–Trinajstić information content (AvgIpc) is 3.11. The molecule has 3 rings (SSSR count). The molecule has 10 nitrogen and oxygen atoms in total. The van der Waals surface area contributed by atoms with E-state index in [0.717, 1.165) is 6.26 Å². The van der Waals surface area contributed by atoms with Crippen molar-refractivity contribution in [3.8, 4) is 0 Å². The molecule has 0 spiro atoms. The molecule has 11 heteroatoms. The number of hydrogen-bond donors (Lipinski definition) is 3. The van der Waals surface area contributed by atoms with Gasteiger partial charge in [-0.05, 0) is 24.3 Å². The summed E-state index contributed by atoms with van der Waals surface area (Å²) in [6, 6.07) is 15.7. The van der Waals surface area contributed by atoms with Crippen molar-refractivity contribution < 1.29 is 36.8 Å². The van der Waals surface area contributed by atoms with Crippen LogP contribution in [0.2, 0.25) is 0 Å². The molecule has 0 radical (unpaired) electrons. The van der Waals surface area contributed by atoms with E-state index in [1.54, 1.807) is 60.7 Å². The number of aliphatic hydroxyl groups excluding tert-OH is 1. The minimum absolute atomic E-state index is 0.253. The molecule has 2 aromatic carbocycles. The van der Waals surface area contributed by atoms with Crippen molar-refractivity contribution in [2.75, 3.05) is 19.9 Å². The third kappa shape index (κ3) is 6.59. The SMILES string of the molecule is CO[C@@H]1[C@@H](NC(=O)c2ccccc2)[C@H](O)O[C@@H]1C(CNC(=O)c1ccccc1)OS(C)(=O)=O. The van der Waals surface area contributed by atoms with Gasteiger partial charge in [-0.1, -0.05) is 36.4 Å². The molecule has 0 saturated carbocycles. The topological polar surface area (TPSA) is 140 Å². The predicted molar refractivity (Wildman–Crippen MR) is 118 cm³/mol. The number of carbonyl (C=O) groups is 2. The lowest BCUT2D eigenvalue weighted by Crippen LogP contribution is -2.52. The molecule has 3 N–H and O–H groups in total. The zero-order valence-corrected chi connectivity index (χ0v) is 18.9. The second-order valence-electron chi connectivity index (χ2n) is 7.47. The Hall–Kier alpha value is -2.83. The van der Waals surface area contributed by atoms with E-state index in [-0.39, 0.29) is 6.54 Å². The zero-order valence-electron chi connectivity index (χ0n) is 18.1. The maximum Gasteiger partial charge on any atom is 0.264 e. The number of hydrogen-bond acceptors (Lipinski definition) is 8. The lowest BCUT2D eigenvalue weighted by molar-refractivity contribution is -0.127. The fourth-order valence-corrected chi connectivity index (χ4v) is 4.19. The number of ether oxygens (including phenoxy) is 2. The molecule has 2 aromatic rings. The van der Waals surface area contributed by atoms with E-state index in [1.165, 1.54) is 7.11 Å². The number of methoxy groups -OCH3 is 1. The van der Waals surface area contributed by atoms with E-state index in [4.69, 9.17) is 13.7 Å². The highest BCUT2D eigenvalue weighted by Crippen LogP contribution is 2.27. The standard InChI is InChI=1S/C22H26N2O8S/c1-30-19-17(24-21(26)15-11-7-4-8-12-15)22(27)31-18(19)16(32-33(2,28)29)13-23-20(25)14-9-5-3-6-10-14/h3-12,16-19,22,27H,13H2,1-2H3,(H,23,25)(H,24,26)/t16?,17-,18-,19-,22-/m1/s1. The third-order valence-electron chi connectivity index (χ3n) is 5.05. The molecule has 1 aliphatic rings. The van der Waals surface area contributed by atoms with E-state index in [2.05, 4.69) is 10.6 Å². The fourth-order valence-electron chi connectivity index (χ4n) is 3.56. The molecule has 1 saturated heterocycles. The Kier molecular flexibility index (Phi) is 8.16. The molecule has 0 aromatic heterocycles. The van der Waals surface area contributed by atoms with Gasteiger partial charge in [0.25, 0.3) is 21.9 Å². The van der Waals surface area contributed by atoms with Crippen LogP contribution in [0.15, 0.2) is 60.7 Å². The molecule has 1 fully saturated rings. The second-order valence-corrected chi connectivity index (χ2v) is 9.07. The van der Waals surface area contributed by atoms with Crippen LogP contribution >= 0.6 is 0 Å². The van der Waals surface area contributed by atoms with E-state index in [0.29, 0.717) is 11.1 Å². The average molecular weight is 479 g/mol. The van der Waals surface area contributed by atoms with Gasteiger partial charge in [0, 0.05) is 24.8 Å². The van der Waals surface area contributed by atoms with Crippen molar-refractivity contribution >= 4 is 21.9 Å². The van der Waals surface area contributed by atoms with Gasteiger partial charge in [0.1, 0.15) is 24.4 Å². The Morgan fingerprint density at radius 3 is 2.09 bits per heavy atom. The molecular weight excluding hydrogens is 452 g/mol. The summed E-state index contributed by atoms with van der Waals surface area (Å²) in [6.07, 6.45) is -3.94. The molecule has 1 heterocycles. The van der Waals surface area contributed by atoms with Crippen molar-refractivity contribution in [3.63, 3.8) is 0 Å². The zero-order chi connectivity index (χ0) is 24.0. The number of aliphatic hydroxyl groups is 1. The lowest BCUT2D eigenvalue weighted by atomic mass is 10.0. The number of amides is 2. The van der Waals surface area contributed by atoms with E-state index in [1.807, 2.05) is 0 Å². The molecule has 2 amide bonds. The van der Waals surface area contributed by atoms with Gasteiger partial charge in [0.05, 0.1) is 6.26 Å². The van der Waals surface area contributed by atoms with E-state index in [9.17, 15) is 23.1 Å². The molecule has 0 bridgehead atoms.